The number of halogens is 2. The van der Waals surface area contributed by atoms with Crippen LogP contribution in [0.25, 0.3) is 16.9 Å². The van der Waals surface area contributed by atoms with Crippen LogP contribution in [0.3, 0.4) is 0 Å². The minimum atomic E-state index is -0.328. The maximum Gasteiger partial charge on any atom is 0.145 e. The molecule has 3 aromatic carbocycles. The number of hydrogen-bond acceptors (Lipinski definition) is 3. The number of hydrogen-bond donors (Lipinski definition) is 0. The Labute approximate surface area is 191 Å². The molecule has 4 rings (SSSR count). The first kappa shape index (κ1) is 22.3. The second-order valence-corrected chi connectivity index (χ2v) is 7.61. The summed E-state index contributed by atoms with van der Waals surface area (Å²) in [4.78, 5) is 5.45. The lowest BCUT2D eigenvalue weighted by atomic mass is 10.1. The molecule has 0 radical (unpaired) electrons. The van der Waals surface area contributed by atoms with Gasteiger partial charge in [0.2, 0.25) is 0 Å². The average molecular weight is 446 g/mol. The Morgan fingerprint density at radius 2 is 1.64 bits per heavy atom. The van der Waals surface area contributed by atoms with Crippen LogP contribution in [0.15, 0.2) is 84.0 Å². The van der Waals surface area contributed by atoms with Gasteiger partial charge in [-0.3, -0.25) is 0 Å². The van der Waals surface area contributed by atoms with Crippen molar-refractivity contribution in [1.82, 2.24) is 4.57 Å². The third kappa shape index (κ3) is 4.80. The lowest BCUT2D eigenvalue weighted by molar-refractivity contribution is 0.128. The summed E-state index contributed by atoms with van der Waals surface area (Å²) in [5.74, 6) is 0.134. The fourth-order valence-corrected chi connectivity index (χ4v) is 3.73. The first-order valence-corrected chi connectivity index (χ1v) is 10.5. The number of rotatable bonds is 7. The van der Waals surface area contributed by atoms with Crippen molar-refractivity contribution < 1.29 is 18.4 Å². The summed E-state index contributed by atoms with van der Waals surface area (Å²) >= 11 is 0. The molecular formula is C27H24F2N2O2. The van der Waals surface area contributed by atoms with E-state index in [4.69, 9.17) is 9.57 Å². The van der Waals surface area contributed by atoms with Crippen LogP contribution in [0.1, 0.15) is 23.7 Å². The highest BCUT2D eigenvalue weighted by atomic mass is 19.1. The molecule has 1 aromatic heterocycles. The predicted molar refractivity (Wildman–Crippen MR) is 126 cm³/mol. The molecule has 1 heterocycles. The van der Waals surface area contributed by atoms with Gasteiger partial charge in [-0.2, -0.15) is 0 Å². The van der Waals surface area contributed by atoms with E-state index < -0.39 is 0 Å². The van der Waals surface area contributed by atoms with Gasteiger partial charge in [-0.1, -0.05) is 23.4 Å². The molecule has 0 aliphatic rings. The summed E-state index contributed by atoms with van der Waals surface area (Å²) in [7, 11) is 1.62. The van der Waals surface area contributed by atoms with Crippen molar-refractivity contribution in [3.8, 4) is 22.7 Å². The van der Waals surface area contributed by atoms with Gasteiger partial charge < -0.3 is 14.1 Å². The molecule has 168 valence electrons. The molecule has 0 atom stereocenters. The van der Waals surface area contributed by atoms with Crippen LogP contribution < -0.4 is 4.74 Å². The van der Waals surface area contributed by atoms with Gasteiger partial charge in [0.05, 0.1) is 18.5 Å². The van der Waals surface area contributed by atoms with Crippen molar-refractivity contribution in [3.05, 3.63) is 107 Å². The Morgan fingerprint density at radius 1 is 0.939 bits per heavy atom. The highest BCUT2D eigenvalue weighted by molar-refractivity contribution is 6.01. The second kappa shape index (κ2) is 9.69. The average Bonchev–Trinajstić information content (AvgIpc) is 3.18. The van der Waals surface area contributed by atoms with Gasteiger partial charge in [-0.15, -0.1) is 0 Å². The summed E-state index contributed by atoms with van der Waals surface area (Å²) in [6.07, 6.45) is 0. The predicted octanol–water partition coefficient (Wildman–Crippen LogP) is 6.68. The molecule has 6 heteroatoms. The van der Waals surface area contributed by atoms with Crippen molar-refractivity contribution in [2.45, 2.75) is 20.5 Å². The van der Waals surface area contributed by atoms with E-state index in [9.17, 15) is 8.78 Å². The molecule has 0 N–H and O–H groups in total. The van der Waals surface area contributed by atoms with Crippen LogP contribution in [-0.4, -0.2) is 17.4 Å². The standard InChI is InChI=1S/C27H24F2N2O2/c1-18(30-33-17-21-6-4-5-7-26(21)29)25-16-27(20-8-10-22(28)11-9-20)31(19(25)2)23-12-14-24(32-3)15-13-23/h4-16H,17H2,1-3H3/b30-18+. The van der Waals surface area contributed by atoms with Crippen LogP contribution in [0.5, 0.6) is 5.75 Å². The number of nitrogens with zero attached hydrogens (tertiary/aromatic N) is 2. The maximum absolute atomic E-state index is 13.8. The van der Waals surface area contributed by atoms with E-state index in [2.05, 4.69) is 9.72 Å². The topological polar surface area (TPSA) is 35.8 Å². The largest absolute Gasteiger partial charge is 0.497 e. The third-order valence-electron chi connectivity index (χ3n) is 5.49. The summed E-state index contributed by atoms with van der Waals surface area (Å²) in [5.41, 5.74) is 5.58. The Bertz CT molecular complexity index is 1280. The number of oxime groups is 1. The van der Waals surface area contributed by atoms with E-state index in [1.54, 1.807) is 37.4 Å². The molecule has 33 heavy (non-hydrogen) atoms. The van der Waals surface area contributed by atoms with Gasteiger partial charge in [-0.05, 0) is 80.1 Å². The van der Waals surface area contributed by atoms with Gasteiger partial charge in [0.1, 0.15) is 24.0 Å². The zero-order valence-electron chi connectivity index (χ0n) is 18.7. The van der Waals surface area contributed by atoms with Crippen molar-refractivity contribution >= 4 is 5.71 Å². The molecular weight excluding hydrogens is 422 g/mol. The normalized spacial score (nSPS) is 11.5. The molecule has 4 nitrogen and oxygen atoms in total. The van der Waals surface area contributed by atoms with E-state index >= 15 is 0 Å². The van der Waals surface area contributed by atoms with Crippen LogP contribution in [-0.2, 0) is 11.4 Å². The van der Waals surface area contributed by atoms with Crippen molar-refractivity contribution in [3.63, 3.8) is 0 Å². The number of methoxy groups -OCH3 is 1. The van der Waals surface area contributed by atoms with E-state index in [1.165, 1.54) is 18.2 Å². The molecule has 0 spiro atoms. The molecule has 0 amide bonds. The minimum absolute atomic E-state index is 0.0348. The summed E-state index contributed by atoms with van der Waals surface area (Å²) in [6, 6.07) is 22.5. The van der Waals surface area contributed by atoms with E-state index in [0.717, 1.165) is 34.0 Å². The Hall–Kier alpha value is -3.93. The van der Waals surface area contributed by atoms with Crippen molar-refractivity contribution in [2.24, 2.45) is 5.16 Å². The Balaban J connectivity index is 1.72. The summed E-state index contributed by atoms with van der Waals surface area (Å²) in [5, 5.41) is 4.23. The number of benzene rings is 3. The van der Waals surface area contributed by atoms with Gasteiger partial charge >= 0.3 is 0 Å². The Morgan fingerprint density at radius 3 is 2.30 bits per heavy atom. The van der Waals surface area contributed by atoms with Gasteiger partial charge in [-0.25, -0.2) is 8.78 Å². The summed E-state index contributed by atoms with van der Waals surface area (Å²) < 4.78 is 34.8. The highest BCUT2D eigenvalue weighted by Gasteiger charge is 2.17. The van der Waals surface area contributed by atoms with Crippen molar-refractivity contribution in [2.75, 3.05) is 7.11 Å². The van der Waals surface area contributed by atoms with Gasteiger partial charge in [0.25, 0.3) is 0 Å². The zero-order chi connectivity index (χ0) is 23.4. The van der Waals surface area contributed by atoms with E-state index in [0.29, 0.717) is 11.3 Å². The van der Waals surface area contributed by atoms with Crippen molar-refractivity contribution in [1.29, 1.82) is 0 Å². The van der Waals surface area contributed by atoms with Gasteiger partial charge in [0, 0.05) is 22.5 Å². The second-order valence-electron chi connectivity index (χ2n) is 7.61. The molecule has 0 saturated carbocycles. The molecule has 0 bridgehead atoms. The lowest BCUT2D eigenvalue weighted by Crippen LogP contribution is -2.03. The fourth-order valence-electron chi connectivity index (χ4n) is 3.73. The fraction of sp³-hybridized carbons (Fsp3) is 0.148. The molecule has 0 aliphatic carbocycles. The molecule has 0 aliphatic heterocycles. The smallest absolute Gasteiger partial charge is 0.145 e. The highest BCUT2D eigenvalue weighted by Crippen LogP contribution is 2.31. The Kier molecular flexibility index (Phi) is 6.54. The third-order valence-corrected chi connectivity index (χ3v) is 5.49. The molecule has 0 saturated heterocycles. The van der Waals surface area contributed by atoms with Crippen LogP contribution in [0, 0.1) is 18.6 Å². The molecule has 0 unspecified atom stereocenters. The first-order valence-electron chi connectivity index (χ1n) is 10.5. The van der Waals surface area contributed by atoms with Gasteiger partial charge in [0.15, 0.2) is 0 Å². The lowest BCUT2D eigenvalue weighted by Gasteiger charge is -2.13. The van der Waals surface area contributed by atoms with E-state index in [1.807, 2.05) is 44.2 Å². The number of aromatic nitrogens is 1. The first-order chi connectivity index (χ1) is 16.0. The zero-order valence-corrected chi connectivity index (χ0v) is 18.7. The molecule has 0 fully saturated rings. The quantitative estimate of drug-likeness (QED) is 0.234. The van der Waals surface area contributed by atoms with Crippen LogP contribution in [0.2, 0.25) is 0 Å². The van der Waals surface area contributed by atoms with E-state index in [-0.39, 0.29) is 18.2 Å². The number of ether oxygens (including phenoxy) is 1. The maximum atomic E-state index is 13.8. The SMILES string of the molecule is COc1ccc(-n2c(-c3ccc(F)cc3)cc(/C(C)=N/OCc3ccccc3F)c2C)cc1. The summed E-state index contributed by atoms with van der Waals surface area (Å²) in [6.45, 7) is 3.87. The van der Waals surface area contributed by atoms with Crippen LogP contribution >= 0.6 is 0 Å². The monoisotopic (exact) mass is 446 g/mol. The molecule has 4 aromatic rings. The minimum Gasteiger partial charge on any atom is -0.497 e. The van der Waals surface area contributed by atoms with Crippen LogP contribution in [0.4, 0.5) is 8.78 Å².